The molecule has 0 radical (unpaired) electrons. The quantitative estimate of drug-likeness (QED) is 0.846. The molecule has 0 spiro atoms. The fourth-order valence-corrected chi connectivity index (χ4v) is 1.36. The van der Waals surface area contributed by atoms with Crippen molar-refractivity contribution in [2.75, 3.05) is 7.11 Å². The van der Waals surface area contributed by atoms with Crippen LogP contribution in [-0.2, 0) is 6.18 Å². The first kappa shape index (κ1) is 17.8. The Morgan fingerprint density at radius 2 is 1.63 bits per heavy atom. The number of hydrogen-bond donors (Lipinski definition) is 1. The maximum absolute atomic E-state index is 12.6. The summed E-state index contributed by atoms with van der Waals surface area (Å²) >= 11 is 0. The van der Waals surface area contributed by atoms with Gasteiger partial charge in [-0.2, -0.15) is 26.3 Å². The van der Waals surface area contributed by atoms with Crippen LogP contribution in [0.3, 0.4) is 0 Å². The van der Waals surface area contributed by atoms with Crippen molar-refractivity contribution in [1.29, 1.82) is 0 Å². The fraction of sp³-hybridized carbons (Fsp3) is 0.400. The van der Waals surface area contributed by atoms with Crippen molar-refractivity contribution in [3.63, 3.8) is 0 Å². The van der Waals surface area contributed by atoms with Gasteiger partial charge in [-0.15, -0.1) is 12.4 Å². The lowest BCUT2D eigenvalue weighted by molar-refractivity contribution is -0.155. The Morgan fingerprint density at radius 1 is 1.11 bits per heavy atom. The van der Waals surface area contributed by atoms with Crippen LogP contribution in [0, 0.1) is 0 Å². The van der Waals surface area contributed by atoms with E-state index in [-0.39, 0.29) is 18.2 Å². The van der Waals surface area contributed by atoms with Crippen LogP contribution in [0.5, 0.6) is 5.75 Å². The Hall–Kier alpha value is -1.15. The summed E-state index contributed by atoms with van der Waals surface area (Å²) in [4.78, 5) is 0. The van der Waals surface area contributed by atoms with Crippen LogP contribution in [0.15, 0.2) is 18.2 Å². The van der Waals surface area contributed by atoms with Gasteiger partial charge in [-0.1, -0.05) is 6.07 Å². The van der Waals surface area contributed by atoms with E-state index >= 15 is 0 Å². The number of methoxy groups -OCH3 is 1. The van der Waals surface area contributed by atoms with Gasteiger partial charge in [0.1, 0.15) is 11.8 Å². The number of hydrogen-bond acceptors (Lipinski definition) is 2. The molecule has 0 bridgehead atoms. The van der Waals surface area contributed by atoms with Crippen LogP contribution >= 0.6 is 12.4 Å². The molecule has 1 atom stereocenters. The van der Waals surface area contributed by atoms with E-state index in [1.807, 2.05) is 0 Å². The molecule has 0 saturated carbocycles. The zero-order valence-electron chi connectivity index (χ0n) is 9.47. The number of rotatable bonds is 2. The monoisotopic (exact) mass is 309 g/mol. The highest BCUT2D eigenvalue weighted by molar-refractivity contribution is 5.85. The van der Waals surface area contributed by atoms with Gasteiger partial charge in [0.05, 0.1) is 12.7 Å². The van der Waals surface area contributed by atoms with Gasteiger partial charge in [-0.25, -0.2) is 0 Å². The van der Waals surface area contributed by atoms with Gasteiger partial charge in [0.15, 0.2) is 0 Å². The first-order valence-corrected chi connectivity index (χ1v) is 4.64. The predicted molar refractivity (Wildman–Crippen MR) is 58.2 cm³/mol. The van der Waals surface area contributed by atoms with Gasteiger partial charge in [0, 0.05) is 0 Å². The Kier molecular flexibility index (Phi) is 5.52. The van der Waals surface area contributed by atoms with Crippen LogP contribution in [0.25, 0.3) is 0 Å². The number of ether oxygens (including phenoxy) is 1. The molecule has 110 valence electrons. The minimum atomic E-state index is -4.95. The molecule has 0 fully saturated rings. The molecule has 9 heteroatoms. The highest BCUT2D eigenvalue weighted by atomic mass is 35.5. The molecule has 0 aliphatic carbocycles. The van der Waals surface area contributed by atoms with Crippen molar-refractivity contribution >= 4 is 12.4 Å². The number of nitrogens with two attached hydrogens (primary N) is 1. The Morgan fingerprint density at radius 3 is 2.00 bits per heavy atom. The van der Waals surface area contributed by atoms with Gasteiger partial charge >= 0.3 is 12.4 Å². The molecule has 0 amide bonds. The summed E-state index contributed by atoms with van der Waals surface area (Å²) in [5.41, 5.74) is 2.31. The zero-order chi connectivity index (χ0) is 14.1. The lowest BCUT2D eigenvalue weighted by Crippen LogP contribution is -2.30. The highest BCUT2D eigenvalue weighted by Gasteiger charge is 2.43. The molecule has 2 N–H and O–H groups in total. The second-order valence-corrected chi connectivity index (χ2v) is 3.47. The van der Waals surface area contributed by atoms with E-state index in [1.54, 1.807) is 0 Å². The van der Waals surface area contributed by atoms with Gasteiger partial charge in [-0.05, 0) is 17.7 Å². The Balaban J connectivity index is 0.00000324. The number of halogens is 7. The normalized spacial score (nSPS) is 13.7. The van der Waals surface area contributed by atoms with Crippen LogP contribution in [-0.4, -0.2) is 13.3 Å². The van der Waals surface area contributed by atoms with E-state index in [2.05, 4.69) is 4.74 Å². The SMILES string of the molecule is COc1ccc([C@H](N)C(F)(F)F)c(C(F)(F)F)c1.Cl. The topological polar surface area (TPSA) is 35.2 Å². The van der Waals surface area contributed by atoms with Gasteiger partial charge in [0.25, 0.3) is 0 Å². The van der Waals surface area contributed by atoms with Crippen molar-refractivity contribution in [3.8, 4) is 5.75 Å². The van der Waals surface area contributed by atoms with Crippen molar-refractivity contribution in [2.24, 2.45) is 5.73 Å². The Bertz CT molecular complexity index is 431. The zero-order valence-corrected chi connectivity index (χ0v) is 10.3. The average Bonchev–Trinajstić information content (AvgIpc) is 2.24. The van der Waals surface area contributed by atoms with Crippen molar-refractivity contribution in [3.05, 3.63) is 29.3 Å². The Labute approximate surface area is 110 Å². The summed E-state index contributed by atoms with van der Waals surface area (Å²) in [7, 11) is 1.11. The van der Waals surface area contributed by atoms with E-state index in [1.165, 1.54) is 0 Å². The van der Waals surface area contributed by atoms with Crippen molar-refractivity contribution in [1.82, 2.24) is 0 Å². The van der Waals surface area contributed by atoms with Crippen molar-refractivity contribution in [2.45, 2.75) is 18.4 Å². The molecular formula is C10H10ClF6NO. The average molecular weight is 310 g/mol. The van der Waals surface area contributed by atoms with Crippen molar-refractivity contribution < 1.29 is 31.1 Å². The lowest BCUT2D eigenvalue weighted by atomic mass is 9.99. The molecule has 0 aromatic heterocycles. The number of alkyl halides is 6. The van der Waals surface area contributed by atoms with E-state index < -0.39 is 29.5 Å². The lowest BCUT2D eigenvalue weighted by Gasteiger charge is -2.21. The van der Waals surface area contributed by atoms with Crippen LogP contribution in [0.4, 0.5) is 26.3 Å². The van der Waals surface area contributed by atoms with Crippen LogP contribution in [0.2, 0.25) is 0 Å². The smallest absolute Gasteiger partial charge is 0.416 e. The summed E-state index contributed by atoms with van der Waals surface area (Å²) < 4.78 is 79.5. The van der Waals surface area contributed by atoms with Gasteiger partial charge < -0.3 is 10.5 Å². The third-order valence-electron chi connectivity index (χ3n) is 2.25. The molecule has 1 aromatic carbocycles. The summed E-state index contributed by atoms with van der Waals surface area (Å²) in [5.74, 6) is -0.194. The molecule has 0 heterocycles. The first-order chi connectivity index (χ1) is 8.07. The number of benzene rings is 1. The minimum absolute atomic E-state index is 0. The molecule has 0 aliphatic rings. The van der Waals surface area contributed by atoms with Gasteiger partial charge in [0.2, 0.25) is 0 Å². The summed E-state index contributed by atoms with van der Waals surface area (Å²) in [6.07, 6.45) is -9.89. The van der Waals surface area contributed by atoms with E-state index in [4.69, 9.17) is 5.73 Å². The summed E-state index contributed by atoms with van der Waals surface area (Å²) in [6.45, 7) is 0. The fourth-order valence-electron chi connectivity index (χ4n) is 1.36. The standard InChI is InChI=1S/C10H9F6NO.ClH/c1-18-5-2-3-6(8(17)10(14,15)16)7(4-5)9(11,12)13;/h2-4,8H,17H2,1H3;1H/t8-;/m0./s1. The molecule has 1 rings (SSSR count). The maximum atomic E-state index is 12.6. The predicted octanol–water partition coefficient (Wildman–Crippen LogP) is 3.70. The molecule has 19 heavy (non-hydrogen) atoms. The van der Waals surface area contributed by atoms with Gasteiger partial charge in [-0.3, -0.25) is 0 Å². The molecule has 0 aliphatic heterocycles. The maximum Gasteiger partial charge on any atom is 0.416 e. The molecule has 1 aromatic rings. The van der Waals surface area contributed by atoms with E-state index in [9.17, 15) is 26.3 Å². The summed E-state index contributed by atoms with van der Waals surface area (Å²) in [6, 6.07) is -0.545. The molecule has 2 nitrogen and oxygen atoms in total. The largest absolute Gasteiger partial charge is 0.497 e. The van der Waals surface area contributed by atoms with E-state index in [0.717, 1.165) is 13.2 Å². The minimum Gasteiger partial charge on any atom is -0.497 e. The third kappa shape index (κ3) is 4.17. The third-order valence-corrected chi connectivity index (χ3v) is 2.25. The summed E-state index contributed by atoms with van der Waals surface area (Å²) in [5, 5.41) is 0. The van der Waals surface area contributed by atoms with Crippen LogP contribution in [0.1, 0.15) is 17.2 Å². The van der Waals surface area contributed by atoms with Crippen LogP contribution < -0.4 is 10.5 Å². The molecule has 0 saturated heterocycles. The second-order valence-electron chi connectivity index (χ2n) is 3.47. The highest BCUT2D eigenvalue weighted by Crippen LogP contribution is 2.40. The molecule has 0 unspecified atom stereocenters. The second kappa shape index (κ2) is 5.87. The molecular weight excluding hydrogens is 300 g/mol. The first-order valence-electron chi connectivity index (χ1n) is 4.64. The van der Waals surface area contributed by atoms with E-state index in [0.29, 0.717) is 12.1 Å².